The number of alkyl halides is 3. The quantitative estimate of drug-likeness (QED) is 0.807. The summed E-state index contributed by atoms with van der Waals surface area (Å²) in [6, 6.07) is 4.12. The van der Waals surface area contributed by atoms with Crippen molar-refractivity contribution in [3.8, 4) is 0 Å². The van der Waals surface area contributed by atoms with Crippen LogP contribution in [0.25, 0.3) is 0 Å². The van der Waals surface area contributed by atoms with Crippen LogP contribution < -0.4 is 5.32 Å². The summed E-state index contributed by atoms with van der Waals surface area (Å²) in [4.78, 5) is 0. The number of benzene rings is 1. The lowest BCUT2D eigenvalue weighted by Gasteiger charge is -2.29. The molecule has 1 N–H and O–H groups in total. The summed E-state index contributed by atoms with van der Waals surface area (Å²) < 4.78 is 38.2. The number of nitrogens with one attached hydrogen (secondary N) is 1. The monoisotopic (exact) mass is 287 g/mol. The average Bonchev–Trinajstić information content (AvgIpc) is 2.34. The number of aryl methyl sites for hydroxylation is 1. The van der Waals surface area contributed by atoms with Gasteiger partial charge in [-0.2, -0.15) is 13.2 Å². The molecule has 2 unspecified atom stereocenters. The summed E-state index contributed by atoms with van der Waals surface area (Å²) in [5, 5.41) is 3.40. The van der Waals surface area contributed by atoms with Crippen molar-refractivity contribution in [2.75, 3.05) is 6.54 Å². The van der Waals surface area contributed by atoms with Crippen molar-refractivity contribution in [2.24, 2.45) is 11.8 Å². The van der Waals surface area contributed by atoms with E-state index < -0.39 is 11.7 Å². The van der Waals surface area contributed by atoms with E-state index in [4.69, 9.17) is 0 Å². The molecule has 1 nitrogen and oxygen atoms in total. The first-order chi connectivity index (χ1) is 9.18. The van der Waals surface area contributed by atoms with Crippen molar-refractivity contribution in [1.29, 1.82) is 0 Å². The number of hydrogen-bond acceptors (Lipinski definition) is 1. The van der Waals surface area contributed by atoms with Crippen molar-refractivity contribution in [2.45, 2.75) is 46.8 Å². The molecule has 1 aromatic carbocycles. The van der Waals surface area contributed by atoms with E-state index in [0.29, 0.717) is 17.4 Å². The van der Waals surface area contributed by atoms with Crippen LogP contribution in [0.3, 0.4) is 0 Å². The summed E-state index contributed by atoms with van der Waals surface area (Å²) in [6.45, 7) is 11.0. The third kappa shape index (κ3) is 3.98. The van der Waals surface area contributed by atoms with E-state index >= 15 is 0 Å². The Kier molecular flexibility index (Phi) is 5.63. The molecular weight excluding hydrogens is 263 g/mol. The van der Waals surface area contributed by atoms with Gasteiger partial charge < -0.3 is 5.32 Å². The van der Waals surface area contributed by atoms with Crippen LogP contribution in [0.15, 0.2) is 18.2 Å². The molecule has 0 bridgehead atoms. The van der Waals surface area contributed by atoms with Gasteiger partial charge in [-0.25, -0.2) is 0 Å². The maximum Gasteiger partial charge on any atom is 0.416 e. The van der Waals surface area contributed by atoms with Gasteiger partial charge in [-0.15, -0.1) is 0 Å². The highest BCUT2D eigenvalue weighted by atomic mass is 19.4. The topological polar surface area (TPSA) is 12.0 Å². The van der Waals surface area contributed by atoms with Gasteiger partial charge in [0.2, 0.25) is 0 Å². The first-order valence-corrected chi connectivity index (χ1v) is 7.09. The summed E-state index contributed by atoms with van der Waals surface area (Å²) >= 11 is 0. The zero-order valence-electron chi connectivity index (χ0n) is 12.8. The molecule has 1 rings (SSSR count). The molecule has 1 aromatic rings. The van der Waals surface area contributed by atoms with E-state index in [0.717, 1.165) is 12.1 Å². The molecule has 0 amide bonds. The Bertz CT molecular complexity index is 438. The Hall–Kier alpha value is -1.03. The number of rotatable bonds is 5. The fourth-order valence-electron chi connectivity index (χ4n) is 2.38. The molecule has 0 aliphatic heterocycles. The second-order valence-corrected chi connectivity index (χ2v) is 5.71. The second kappa shape index (κ2) is 6.61. The van der Waals surface area contributed by atoms with Crippen LogP contribution in [0.2, 0.25) is 0 Å². The van der Waals surface area contributed by atoms with Crippen LogP contribution >= 0.6 is 0 Å². The van der Waals surface area contributed by atoms with Gasteiger partial charge in [-0.3, -0.25) is 0 Å². The van der Waals surface area contributed by atoms with Crippen molar-refractivity contribution < 1.29 is 13.2 Å². The van der Waals surface area contributed by atoms with Crippen LogP contribution in [0, 0.1) is 18.8 Å². The van der Waals surface area contributed by atoms with Gasteiger partial charge in [-0.1, -0.05) is 33.8 Å². The van der Waals surface area contributed by atoms with Crippen LogP contribution in [0.4, 0.5) is 13.2 Å². The molecule has 0 aliphatic rings. The fraction of sp³-hybridized carbons (Fsp3) is 0.625. The van der Waals surface area contributed by atoms with Crippen LogP contribution in [-0.2, 0) is 6.18 Å². The van der Waals surface area contributed by atoms with Crippen LogP contribution in [0.5, 0.6) is 0 Å². The summed E-state index contributed by atoms with van der Waals surface area (Å²) in [5.41, 5.74) is 1.07. The molecule has 0 heterocycles. The Morgan fingerprint density at radius 1 is 1.15 bits per heavy atom. The third-order valence-corrected chi connectivity index (χ3v) is 3.93. The molecule has 2 atom stereocenters. The van der Waals surface area contributed by atoms with Crippen molar-refractivity contribution >= 4 is 0 Å². The minimum Gasteiger partial charge on any atom is -0.310 e. The lowest BCUT2D eigenvalue weighted by Crippen LogP contribution is -2.30. The highest BCUT2D eigenvalue weighted by Crippen LogP contribution is 2.34. The van der Waals surface area contributed by atoms with E-state index in [1.807, 2.05) is 6.92 Å². The van der Waals surface area contributed by atoms with Gasteiger partial charge in [0.25, 0.3) is 0 Å². The van der Waals surface area contributed by atoms with Gasteiger partial charge in [0.15, 0.2) is 0 Å². The van der Waals surface area contributed by atoms with Crippen LogP contribution in [-0.4, -0.2) is 6.54 Å². The second-order valence-electron chi connectivity index (χ2n) is 5.71. The van der Waals surface area contributed by atoms with Gasteiger partial charge >= 0.3 is 6.18 Å². The van der Waals surface area contributed by atoms with Crippen molar-refractivity contribution in [1.82, 2.24) is 5.32 Å². The molecule has 0 radical (unpaired) electrons. The summed E-state index contributed by atoms with van der Waals surface area (Å²) in [7, 11) is 0. The van der Waals surface area contributed by atoms with E-state index in [-0.39, 0.29) is 6.04 Å². The Morgan fingerprint density at radius 3 is 2.15 bits per heavy atom. The number of hydrogen-bond donors (Lipinski definition) is 1. The predicted molar refractivity (Wildman–Crippen MR) is 76.6 cm³/mol. The molecule has 4 heteroatoms. The zero-order valence-corrected chi connectivity index (χ0v) is 12.8. The third-order valence-electron chi connectivity index (χ3n) is 3.93. The van der Waals surface area contributed by atoms with E-state index in [9.17, 15) is 13.2 Å². The maximum atomic E-state index is 12.7. The molecular formula is C16H24F3N. The minimum atomic E-state index is -4.28. The Labute approximate surface area is 119 Å². The van der Waals surface area contributed by atoms with Gasteiger partial charge in [0, 0.05) is 6.04 Å². The summed E-state index contributed by atoms with van der Waals surface area (Å²) in [6.07, 6.45) is -4.28. The molecule has 114 valence electrons. The lowest BCUT2D eigenvalue weighted by molar-refractivity contribution is -0.137. The largest absolute Gasteiger partial charge is 0.416 e. The van der Waals surface area contributed by atoms with Gasteiger partial charge in [0.1, 0.15) is 0 Å². The molecule has 20 heavy (non-hydrogen) atoms. The molecule has 0 saturated heterocycles. The first-order valence-electron chi connectivity index (χ1n) is 7.09. The van der Waals surface area contributed by atoms with E-state index in [1.54, 1.807) is 13.0 Å². The van der Waals surface area contributed by atoms with Gasteiger partial charge in [-0.05, 0) is 48.6 Å². The zero-order chi connectivity index (χ0) is 15.5. The van der Waals surface area contributed by atoms with E-state index in [1.165, 1.54) is 12.1 Å². The SMILES string of the molecule is CCNC(c1ccc(C(F)(F)F)cc1C)C(C)C(C)C. The smallest absolute Gasteiger partial charge is 0.310 e. The van der Waals surface area contributed by atoms with Crippen molar-refractivity contribution in [3.63, 3.8) is 0 Å². The maximum absolute atomic E-state index is 12.7. The highest BCUT2D eigenvalue weighted by Gasteiger charge is 2.31. The first kappa shape index (κ1) is 17.0. The van der Waals surface area contributed by atoms with E-state index in [2.05, 4.69) is 26.1 Å². The Balaban J connectivity index is 3.15. The molecule has 0 fully saturated rings. The normalized spacial score (nSPS) is 15.4. The Morgan fingerprint density at radius 2 is 1.75 bits per heavy atom. The number of halogens is 3. The van der Waals surface area contributed by atoms with Crippen LogP contribution in [0.1, 0.15) is 50.4 Å². The molecule has 0 saturated carbocycles. The molecule has 0 aromatic heterocycles. The lowest BCUT2D eigenvalue weighted by atomic mass is 9.84. The highest BCUT2D eigenvalue weighted by molar-refractivity contribution is 5.35. The fourth-order valence-corrected chi connectivity index (χ4v) is 2.38. The molecule has 0 spiro atoms. The standard InChI is InChI=1S/C16H24F3N/c1-6-20-15(12(5)10(2)3)14-8-7-13(9-11(14)4)16(17,18)19/h7-10,12,15,20H,6H2,1-5H3. The average molecular weight is 287 g/mol. The van der Waals surface area contributed by atoms with Crippen molar-refractivity contribution in [3.05, 3.63) is 34.9 Å². The minimum absolute atomic E-state index is 0.0854. The summed E-state index contributed by atoms with van der Waals surface area (Å²) in [5.74, 6) is 0.811. The molecule has 0 aliphatic carbocycles. The van der Waals surface area contributed by atoms with Gasteiger partial charge in [0.05, 0.1) is 5.56 Å². The predicted octanol–water partition coefficient (Wildman–Crippen LogP) is 4.96.